The number of aliphatic imine (C=N–C) groups is 1. The van der Waals surface area contributed by atoms with Gasteiger partial charge in [-0.15, -0.1) is 0 Å². The third kappa shape index (κ3) is 3.85. The first-order chi connectivity index (χ1) is 6.83. The average molecular weight is 189 g/mol. The molecular formula is C11H15N3. The van der Waals surface area contributed by atoms with Crippen molar-refractivity contribution in [1.29, 1.82) is 0 Å². The number of hydrogen-bond donors (Lipinski definition) is 1. The molecule has 0 unspecified atom stereocenters. The van der Waals surface area contributed by atoms with E-state index in [9.17, 15) is 0 Å². The number of aromatic nitrogens is 1. The molecule has 0 spiro atoms. The molecule has 74 valence electrons. The van der Waals surface area contributed by atoms with E-state index in [-0.39, 0.29) is 0 Å². The zero-order valence-electron chi connectivity index (χ0n) is 8.35. The van der Waals surface area contributed by atoms with Crippen molar-refractivity contribution >= 4 is 5.84 Å². The van der Waals surface area contributed by atoms with E-state index in [0.717, 1.165) is 18.5 Å². The van der Waals surface area contributed by atoms with Gasteiger partial charge in [-0.1, -0.05) is 19.1 Å². The molecule has 1 rings (SSSR count). The number of nitrogens with two attached hydrogens (primary N) is 1. The molecule has 0 aliphatic heterocycles. The highest BCUT2D eigenvalue weighted by atomic mass is 14.8. The molecule has 0 saturated carbocycles. The van der Waals surface area contributed by atoms with Gasteiger partial charge in [-0.3, -0.25) is 4.98 Å². The molecule has 2 N–H and O–H groups in total. The Kier molecular flexibility index (Phi) is 4.41. The summed E-state index contributed by atoms with van der Waals surface area (Å²) in [6.45, 7) is 1.98. The van der Waals surface area contributed by atoms with Crippen molar-refractivity contribution in [3.63, 3.8) is 0 Å². The van der Waals surface area contributed by atoms with Crippen LogP contribution in [0.2, 0.25) is 0 Å². The average Bonchev–Trinajstić information content (AvgIpc) is 2.25. The van der Waals surface area contributed by atoms with E-state index in [0.29, 0.717) is 5.84 Å². The van der Waals surface area contributed by atoms with Gasteiger partial charge in [0.25, 0.3) is 0 Å². The van der Waals surface area contributed by atoms with E-state index in [1.807, 2.05) is 31.2 Å². The summed E-state index contributed by atoms with van der Waals surface area (Å²) in [4.78, 5) is 8.23. The lowest BCUT2D eigenvalue weighted by molar-refractivity contribution is 1.10. The summed E-state index contributed by atoms with van der Waals surface area (Å²) in [6.07, 6.45) is 7.04. The van der Waals surface area contributed by atoms with Crippen LogP contribution in [-0.4, -0.2) is 10.8 Å². The van der Waals surface area contributed by atoms with Gasteiger partial charge in [-0.05, 0) is 12.1 Å². The second-order valence-electron chi connectivity index (χ2n) is 2.88. The number of hydrogen-bond acceptors (Lipinski definition) is 2. The summed E-state index contributed by atoms with van der Waals surface area (Å²) in [5, 5.41) is 0. The smallest absolute Gasteiger partial charge is 0.0986 e. The molecule has 0 radical (unpaired) electrons. The van der Waals surface area contributed by atoms with Crippen LogP contribution in [0.15, 0.2) is 41.7 Å². The van der Waals surface area contributed by atoms with Crippen LogP contribution in [0.1, 0.15) is 19.0 Å². The summed E-state index contributed by atoms with van der Waals surface area (Å²) in [5.41, 5.74) is 6.57. The van der Waals surface area contributed by atoms with Crippen molar-refractivity contribution in [2.45, 2.75) is 19.8 Å². The van der Waals surface area contributed by atoms with E-state index in [1.165, 1.54) is 0 Å². The second-order valence-corrected chi connectivity index (χ2v) is 2.88. The highest BCUT2D eigenvalue weighted by Gasteiger charge is 1.86. The Morgan fingerprint density at radius 2 is 2.43 bits per heavy atom. The molecule has 0 aromatic carbocycles. The van der Waals surface area contributed by atoms with Crippen LogP contribution in [0.4, 0.5) is 0 Å². The normalized spacial score (nSPS) is 12.2. The van der Waals surface area contributed by atoms with Gasteiger partial charge in [-0.2, -0.15) is 0 Å². The second kappa shape index (κ2) is 5.91. The van der Waals surface area contributed by atoms with Gasteiger partial charge in [0.2, 0.25) is 0 Å². The Morgan fingerprint density at radius 3 is 3.07 bits per heavy atom. The van der Waals surface area contributed by atoms with E-state index < -0.39 is 0 Å². The minimum Gasteiger partial charge on any atom is -0.387 e. The number of amidine groups is 1. The summed E-state index contributed by atoms with van der Waals surface area (Å²) in [6, 6.07) is 5.86. The Balaban J connectivity index is 2.41. The zero-order chi connectivity index (χ0) is 10.2. The highest BCUT2D eigenvalue weighted by Crippen LogP contribution is 1.95. The van der Waals surface area contributed by atoms with Crippen LogP contribution in [0.5, 0.6) is 0 Å². The number of allylic oxidation sites excluding steroid dienone is 1. The lowest BCUT2D eigenvalue weighted by atomic mass is 10.3. The highest BCUT2D eigenvalue weighted by molar-refractivity contribution is 5.80. The topological polar surface area (TPSA) is 51.3 Å². The minimum atomic E-state index is 0.655. The Bertz CT molecular complexity index is 315. The molecule has 3 heteroatoms. The standard InChI is InChI=1S/C11H15N3/c1-2-11(12)14-9-5-7-10-6-3-4-8-13-10/h3-6,8-9H,2,7H2,1H3,(H2,12,14)/b9-5-. The summed E-state index contributed by atoms with van der Waals surface area (Å²) >= 11 is 0. The summed E-state index contributed by atoms with van der Waals surface area (Å²) < 4.78 is 0. The molecule has 0 fully saturated rings. The maximum atomic E-state index is 5.54. The predicted octanol–water partition coefficient (Wildman–Crippen LogP) is 1.91. The fraction of sp³-hybridized carbons (Fsp3) is 0.273. The van der Waals surface area contributed by atoms with Crippen LogP contribution >= 0.6 is 0 Å². The third-order valence-corrected chi connectivity index (χ3v) is 1.76. The van der Waals surface area contributed by atoms with Crippen molar-refractivity contribution in [3.05, 3.63) is 42.4 Å². The lowest BCUT2D eigenvalue weighted by Crippen LogP contribution is -2.08. The molecule has 0 amide bonds. The van der Waals surface area contributed by atoms with Crippen LogP contribution in [-0.2, 0) is 6.42 Å². The van der Waals surface area contributed by atoms with Crippen LogP contribution in [0.25, 0.3) is 0 Å². The van der Waals surface area contributed by atoms with Crippen LogP contribution in [0, 0.1) is 0 Å². The van der Waals surface area contributed by atoms with Crippen molar-refractivity contribution in [3.8, 4) is 0 Å². The predicted molar refractivity (Wildman–Crippen MR) is 59.0 cm³/mol. The molecular weight excluding hydrogens is 174 g/mol. The Hall–Kier alpha value is -1.64. The van der Waals surface area contributed by atoms with Gasteiger partial charge < -0.3 is 5.73 Å². The zero-order valence-corrected chi connectivity index (χ0v) is 8.35. The van der Waals surface area contributed by atoms with Gasteiger partial charge in [0, 0.05) is 30.9 Å². The van der Waals surface area contributed by atoms with Gasteiger partial charge in [0.1, 0.15) is 0 Å². The van der Waals surface area contributed by atoms with Crippen molar-refractivity contribution in [2.75, 3.05) is 0 Å². The molecule has 0 saturated heterocycles. The summed E-state index contributed by atoms with van der Waals surface area (Å²) in [5.74, 6) is 0.655. The quantitative estimate of drug-likeness (QED) is 0.581. The SMILES string of the molecule is CCC(N)=N/C=C\Cc1ccccn1. The summed E-state index contributed by atoms with van der Waals surface area (Å²) in [7, 11) is 0. The Labute approximate surface area is 84.4 Å². The fourth-order valence-corrected chi connectivity index (χ4v) is 0.932. The van der Waals surface area contributed by atoms with Crippen molar-refractivity contribution in [2.24, 2.45) is 10.7 Å². The van der Waals surface area contributed by atoms with Crippen LogP contribution < -0.4 is 5.73 Å². The van der Waals surface area contributed by atoms with Crippen molar-refractivity contribution in [1.82, 2.24) is 4.98 Å². The molecule has 14 heavy (non-hydrogen) atoms. The maximum absolute atomic E-state index is 5.54. The van der Waals surface area contributed by atoms with E-state index in [4.69, 9.17) is 5.73 Å². The largest absolute Gasteiger partial charge is 0.387 e. The molecule has 0 bridgehead atoms. The van der Waals surface area contributed by atoms with E-state index >= 15 is 0 Å². The lowest BCUT2D eigenvalue weighted by Gasteiger charge is -1.92. The van der Waals surface area contributed by atoms with Gasteiger partial charge >= 0.3 is 0 Å². The fourth-order valence-electron chi connectivity index (χ4n) is 0.932. The van der Waals surface area contributed by atoms with E-state index in [1.54, 1.807) is 12.4 Å². The minimum absolute atomic E-state index is 0.655. The number of rotatable bonds is 4. The van der Waals surface area contributed by atoms with E-state index in [2.05, 4.69) is 9.98 Å². The molecule has 1 heterocycles. The third-order valence-electron chi connectivity index (χ3n) is 1.76. The first-order valence-electron chi connectivity index (χ1n) is 4.70. The van der Waals surface area contributed by atoms with Gasteiger partial charge in [-0.25, -0.2) is 4.99 Å². The molecule has 0 atom stereocenters. The molecule has 0 aliphatic carbocycles. The Morgan fingerprint density at radius 1 is 1.57 bits per heavy atom. The van der Waals surface area contributed by atoms with Crippen molar-refractivity contribution < 1.29 is 0 Å². The molecule has 1 aromatic heterocycles. The first-order valence-corrected chi connectivity index (χ1v) is 4.70. The number of nitrogens with zero attached hydrogens (tertiary/aromatic N) is 2. The van der Waals surface area contributed by atoms with Gasteiger partial charge in [0.15, 0.2) is 0 Å². The first kappa shape index (κ1) is 10.4. The van der Waals surface area contributed by atoms with Gasteiger partial charge in [0.05, 0.1) is 5.84 Å². The molecule has 1 aromatic rings. The monoisotopic (exact) mass is 189 g/mol. The van der Waals surface area contributed by atoms with Crippen LogP contribution in [0.3, 0.4) is 0 Å². The maximum Gasteiger partial charge on any atom is 0.0986 e. The molecule has 3 nitrogen and oxygen atoms in total. The number of pyridine rings is 1. The molecule has 0 aliphatic rings.